The van der Waals surface area contributed by atoms with E-state index in [1.807, 2.05) is 0 Å². The number of rotatable bonds is 3. The van der Waals surface area contributed by atoms with Gasteiger partial charge in [-0.3, -0.25) is 0 Å². The first-order valence-corrected chi connectivity index (χ1v) is 7.05. The second kappa shape index (κ2) is 7.18. The van der Waals surface area contributed by atoms with E-state index in [-0.39, 0.29) is 16.5 Å². The Morgan fingerprint density at radius 1 is 0.840 bits per heavy atom. The Morgan fingerprint density at radius 3 is 2.00 bits per heavy atom. The molecule has 0 aliphatic carbocycles. The molecule has 2 rings (SSSR count). The van der Waals surface area contributed by atoms with Crippen molar-refractivity contribution in [3.05, 3.63) is 54.1 Å². The maximum atomic E-state index is 12.9. The van der Waals surface area contributed by atoms with Crippen LogP contribution < -0.4 is 15.4 Å². The molecular weight excluding hydrogens is 370 g/mol. The maximum absolute atomic E-state index is 12.9. The Hall–Kier alpha value is -2.49. The van der Waals surface area contributed by atoms with E-state index in [0.717, 1.165) is 18.2 Å². The predicted molar refractivity (Wildman–Crippen MR) is 84.4 cm³/mol. The normalized spacial score (nSPS) is 11.8. The Morgan fingerprint density at radius 2 is 1.44 bits per heavy atom. The molecular formula is C15H10F6N2OS. The van der Waals surface area contributed by atoms with Crippen molar-refractivity contribution in [2.45, 2.75) is 12.5 Å². The number of benzene rings is 2. The summed E-state index contributed by atoms with van der Waals surface area (Å²) in [6, 6.07) is 9.32. The molecule has 0 bridgehead atoms. The van der Waals surface area contributed by atoms with Crippen LogP contribution in [0.2, 0.25) is 0 Å². The van der Waals surface area contributed by atoms with Crippen LogP contribution in [0.25, 0.3) is 0 Å². The molecule has 0 aliphatic heterocycles. The molecule has 0 amide bonds. The lowest BCUT2D eigenvalue weighted by atomic mass is 10.1. The first-order valence-electron chi connectivity index (χ1n) is 6.64. The third-order valence-corrected chi connectivity index (χ3v) is 3.03. The largest absolute Gasteiger partial charge is 0.573 e. The highest BCUT2D eigenvalue weighted by atomic mass is 32.1. The molecule has 2 aromatic rings. The molecule has 0 saturated heterocycles. The van der Waals surface area contributed by atoms with E-state index in [9.17, 15) is 26.3 Å². The molecule has 0 heterocycles. The summed E-state index contributed by atoms with van der Waals surface area (Å²) in [6.45, 7) is 0. The fourth-order valence-corrected chi connectivity index (χ4v) is 2.09. The minimum atomic E-state index is -4.81. The second-order valence-electron chi connectivity index (χ2n) is 4.69. The molecule has 0 radical (unpaired) electrons. The highest BCUT2D eigenvalue weighted by molar-refractivity contribution is 7.80. The highest BCUT2D eigenvalue weighted by Gasteiger charge is 2.33. The first-order chi connectivity index (χ1) is 11.5. The topological polar surface area (TPSA) is 33.3 Å². The van der Waals surface area contributed by atoms with E-state index in [2.05, 4.69) is 15.4 Å². The van der Waals surface area contributed by atoms with Crippen molar-refractivity contribution >= 4 is 28.7 Å². The minimum Gasteiger partial charge on any atom is -0.406 e. The number of hydrogen-bond acceptors (Lipinski definition) is 2. The molecule has 0 aliphatic rings. The van der Waals surface area contributed by atoms with E-state index in [4.69, 9.17) is 12.2 Å². The summed E-state index contributed by atoms with van der Waals surface area (Å²) in [6.07, 6.45) is -9.37. The Bertz CT molecular complexity index is 743. The summed E-state index contributed by atoms with van der Waals surface area (Å²) in [5.41, 5.74) is -0.867. The van der Waals surface area contributed by atoms with Gasteiger partial charge in [-0.25, -0.2) is 0 Å². The van der Waals surface area contributed by atoms with Gasteiger partial charge in [-0.05, 0) is 48.6 Å². The quantitative estimate of drug-likeness (QED) is 0.551. The van der Waals surface area contributed by atoms with Crippen LogP contribution in [0.15, 0.2) is 48.5 Å². The SMILES string of the molecule is FC(F)(F)Oc1ccc(NC(=S)Nc2ccccc2C(F)(F)F)cc1. The molecule has 2 N–H and O–H groups in total. The molecule has 0 unspecified atom stereocenters. The van der Waals surface area contributed by atoms with Crippen LogP contribution in [-0.2, 0) is 6.18 Å². The van der Waals surface area contributed by atoms with Gasteiger partial charge in [0.05, 0.1) is 11.3 Å². The number of para-hydroxylation sites is 1. The number of halogens is 6. The predicted octanol–water partition coefficient (Wildman–Crippen LogP) is 5.41. The zero-order chi connectivity index (χ0) is 18.7. The minimum absolute atomic E-state index is 0.152. The van der Waals surface area contributed by atoms with Crippen LogP contribution in [0.5, 0.6) is 5.75 Å². The van der Waals surface area contributed by atoms with Gasteiger partial charge in [0.15, 0.2) is 5.11 Å². The fraction of sp³-hybridized carbons (Fsp3) is 0.133. The van der Waals surface area contributed by atoms with Crippen molar-refractivity contribution in [2.24, 2.45) is 0 Å². The van der Waals surface area contributed by atoms with Gasteiger partial charge in [0.2, 0.25) is 0 Å². The summed E-state index contributed by atoms with van der Waals surface area (Å²) in [4.78, 5) is 0. The molecule has 0 saturated carbocycles. The molecule has 0 fully saturated rings. The summed E-state index contributed by atoms with van der Waals surface area (Å²) in [5.74, 6) is -0.431. The average molecular weight is 380 g/mol. The molecule has 25 heavy (non-hydrogen) atoms. The van der Waals surface area contributed by atoms with Gasteiger partial charge in [-0.2, -0.15) is 13.2 Å². The number of nitrogens with one attached hydrogen (secondary N) is 2. The third-order valence-electron chi connectivity index (χ3n) is 2.83. The summed E-state index contributed by atoms with van der Waals surface area (Å²) >= 11 is 4.92. The molecule has 0 spiro atoms. The van der Waals surface area contributed by atoms with E-state index in [1.54, 1.807) is 0 Å². The molecule has 10 heteroatoms. The van der Waals surface area contributed by atoms with Gasteiger partial charge < -0.3 is 15.4 Å². The first kappa shape index (κ1) is 18.8. The highest BCUT2D eigenvalue weighted by Crippen LogP contribution is 2.34. The van der Waals surface area contributed by atoms with Crippen molar-refractivity contribution in [3.63, 3.8) is 0 Å². The standard InChI is InChI=1S/C15H10F6N2OS/c16-14(17,18)11-3-1-2-4-12(11)23-13(25)22-9-5-7-10(8-6-9)24-15(19,20)21/h1-8H,(H2,22,23,25). The molecule has 3 nitrogen and oxygen atoms in total. The number of thiocarbonyl (C=S) groups is 1. The number of alkyl halides is 6. The van der Waals surface area contributed by atoms with Gasteiger partial charge in [-0.1, -0.05) is 12.1 Å². The lowest BCUT2D eigenvalue weighted by Crippen LogP contribution is -2.21. The van der Waals surface area contributed by atoms with Crippen molar-refractivity contribution < 1.29 is 31.1 Å². The Balaban J connectivity index is 2.04. The van der Waals surface area contributed by atoms with Crippen LogP contribution in [0.4, 0.5) is 37.7 Å². The Labute approximate surface area is 143 Å². The van der Waals surface area contributed by atoms with Crippen LogP contribution in [-0.4, -0.2) is 11.5 Å². The monoisotopic (exact) mass is 380 g/mol. The second-order valence-corrected chi connectivity index (χ2v) is 5.10. The van der Waals surface area contributed by atoms with E-state index >= 15 is 0 Å². The molecule has 2 aromatic carbocycles. The van der Waals surface area contributed by atoms with E-state index in [1.165, 1.54) is 30.3 Å². The average Bonchev–Trinajstić information content (AvgIpc) is 2.47. The molecule has 134 valence electrons. The summed E-state index contributed by atoms with van der Waals surface area (Å²) in [7, 11) is 0. The van der Waals surface area contributed by atoms with Crippen LogP contribution >= 0.6 is 12.2 Å². The van der Waals surface area contributed by atoms with Crippen molar-refractivity contribution in [1.82, 2.24) is 0 Å². The smallest absolute Gasteiger partial charge is 0.406 e. The van der Waals surface area contributed by atoms with Crippen molar-refractivity contribution in [1.29, 1.82) is 0 Å². The zero-order valence-corrected chi connectivity index (χ0v) is 13.0. The molecule has 0 aromatic heterocycles. The van der Waals surface area contributed by atoms with Crippen LogP contribution in [0, 0.1) is 0 Å². The van der Waals surface area contributed by atoms with Crippen LogP contribution in [0.3, 0.4) is 0 Å². The fourth-order valence-electron chi connectivity index (χ4n) is 1.86. The van der Waals surface area contributed by atoms with Crippen molar-refractivity contribution in [3.8, 4) is 5.75 Å². The van der Waals surface area contributed by atoms with Gasteiger partial charge in [0.1, 0.15) is 5.75 Å². The van der Waals surface area contributed by atoms with Gasteiger partial charge in [0, 0.05) is 5.69 Å². The lowest BCUT2D eigenvalue weighted by molar-refractivity contribution is -0.274. The lowest BCUT2D eigenvalue weighted by Gasteiger charge is -2.16. The van der Waals surface area contributed by atoms with Gasteiger partial charge in [-0.15, -0.1) is 13.2 Å². The summed E-state index contributed by atoms with van der Waals surface area (Å²) in [5, 5.41) is 4.83. The Kier molecular flexibility index (Phi) is 5.41. The molecule has 0 atom stereocenters. The number of ether oxygens (including phenoxy) is 1. The van der Waals surface area contributed by atoms with Crippen LogP contribution in [0.1, 0.15) is 5.56 Å². The summed E-state index contributed by atoms with van der Waals surface area (Å²) < 4.78 is 78.6. The van der Waals surface area contributed by atoms with Crippen molar-refractivity contribution in [2.75, 3.05) is 10.6 Å². The van der Waals surface area contributed by atoms with Gasteiger partial charge in [0.25, 0.3) is 0 Å². The third kappa shape index (κ3) is 5.82. The number of hydrogen-bond donors (Lipinski definition) is 2. The zero-order valence-electron chi connectivity index (χ0n) is 12.2. The number of anilines is 2. The van der Waals surface area contributed by atoms with Gasteiger partial charge >= 0.3 is 12.5 Å². The maximum Gasteiger partial charge on any atom is 0.573 e. The van der Waals surface area contributed by atoms with E-state index < -0.39 is 23.9 Å². The van der Waals surface area contributed by atoms with E-state index in [0.29, 0.717) is 0 Å².